The summed E-state index contributed by atoms with van der Waals surface area (Å²) in [6.07, 6.45) is 2.23. The van der Waals surface area contributed by atoms with Gasteiger partial charge in [0.2, 0.25) is 0 Å². The number of aliphatic carboxylic acids is 2. The molecule has 0 aliphatic carbocycles. The number of nitrogens with zero attached hydrogens (tertiary/aromatic N) is 1. The third-order valence-corrected chi connectivity index (χ3v) is 2.62. The van der Waals surface area contributed by atoms with Crippen LogP contribution in [0.15, 0.2) is 0 Å². The maximum absolute atomic E-state index is 11.7. The molecule has 1 aliphatic rings. The van der Waals surface area contributed by atoms with Gasteiger partial charge in [-0.15, -0.1) is 0 Å². The molecule has 0 aromatic rings. The van der Waals surface area contributed by atoms with Crippen LogP contribution in [0.5, 0.6) is 0 Å². The van der Waals surface area contributed by atoms with E-state index >= 15 is 0 Å². The Bertz CT molecular complexity index is 312. The zero-order valence-corrected chi connectivity index (χ0v) is 9.39. The number of hydrogen-bond donors (Lipinski definition) is 3. The van der Waals surface area contributed by atoms with Crippen molar-refractivity contribution in [1.82, 2.24) is 10.2 Å². The third kappa shape index (κ3) is 4.29. The number of carboxylic acids is 2. The normalized spacial score (nSPS) is 17.3. The zero-order chi connectivity index (χ0) is 12.8. The molecule has 1 rings (SSSR count). The first-order valence-electron chi connectivity index (χ1n) is 5.50. The lowest BCUT2D eigenvalue weighted by molar-refractivity contribution is -0.145. The second kappa shape index (κ2) is 6.07. The minimum absolute atomic E-state index is 0.502. The predicted molar refractivity (Wildman–Crippen MR) is 57.6 cm³/mol. The highest BCUT2D eigenvalue weighted by Crippen LogP contribution is 2.09. The second-order valence-corrected chi connectivity index (χ2v) is 3.99. The molecular formula is C10H16N2O5. The third-order valence-electron chi connectivity index (χ3n) is 2.62. The SMILES string of the molecule is O=C(O)C[C@@H](NC(=O)N1CCCCC1)C(=O)O. The Morgan fingerprint density at radius 3 is 2.18 bits per heavy atom. The number of amides is 2. The van der Waals surface area contributed by atoms with Crippen LogP contribution in [0.1, 0.15) is 25.7 Å². The predicted octanol–water partition coefficient (Wildman–Crippen LogP) is 0.110. The first kappa shape index (κ1) is 13.3. The number of piperidine rings is 1. The van der Waals surface area contributed by atoms with Crippen LogP contribution in [-0.4, -0.2) is 52.2 Å². The van der Waals surface area contributed by atoms with Crippen LogP contribution < -0.4 is 5.32 Å². The Morgan fingerprint density at radius 1 is 1.12 bits per heavy atom. The van der Waals surface area contributed by atoms with E-state index in [1.807, 2.05) is 0 Å². The lowest BCUT2D eigenvalue weighted by Crippen LogP contribution is -2.50. The Morgan fingerprint density at radius 2 is 1.71 bits per heavy atom. The van der Waals surface area contributed by atoms with Gasteiger partial charge in [0.1, 0.15) is 6.04 Å². The second-order valence-electron chi connectivity index (χ2n) is 3.99. The molecule has 0 aromatic heterocycles. The summed E-state index contributed by atoms with van der Waals surface area (Å²) >= 11 is 0. The first-order chi connectivity index (χ1) is 8.00. The standard InChI is InChI=1S/C10H16N2O5/c13-8(14)6-7(9(15)16)11-10(17)12-4-2-1-3-5-12/h7H,1-6H2,(H,11,17)(H,13,14)(H,15,16)/t7-/m1/s1. The van der Waals surface area contributed by atoms with Gasteiger partial charge in [-0.25, -0.2) is 9.59 Å². The molecule has 1 aliphatic heterocycles. The largest absolute Gasteiger partial charge is 0.481 e. The molecule has 7 heteroatoms. The summed E-state index contributed by atoms with van der Waals surface area (Å²) in [5.74, 6) is -2.59. The Labute approximate surface area is 98.4 Å². The van der Waals surface area contributed by atoms with Gasteiger partial charge in [-0.2, -0.15) is 0 Å². The number of rotatable bonds is 4. The van der Waals surface area contributed by atoms with Crippen LogP contribution in [-0.2, 0) is 9.59 Å². The highest BCUT2D eigenvalue weighted by molar-refractivity contribution is 5.86. The molecule has 17 heavy (non-hydrogen) atoms. The van der Waals surface area contributed by atoms with Gasteiger partial charge in [0.05, 0.1) is 6.42 Å². The summed E-state index contributed by atoms with van der Waals surface area (Å²) in [4.78, 5) is 34.4. The summed E-state index contributed by atoms with van der Waals surface area (Å²) in [5, 5.41) is 19.5. The Hall–Kier alpha value is -1.79. The molecule has 0 spiro atoms. The van der Waals surface area contributed by atoms with E-state index in [0.29, 0.717) is 13.1 Å². The van der Waals surface area contributed by atoms with Crippen molar-refractivity contribution in [3.63, 3.8) is 0 Å². The molecule has 96 valence electrons. The molecule has 2 amide bonds. The van der Waals surface area contributed by atoms with Crippen LogP contribution in [0, 0.1) is 0 Å². The Kier molecular flexibility index (Phi) is 4.74. The Balaban J connectivity index is 2.50. The minimum Gasteiger partial charge on any atom is -0.481 e. The van der Waals surface area contributed by atoms with Crippen molar-refractivity contribution in [3.05, 3.63) is 0 Å². The van der Waals surface area contributed by atoms with E-state index in [9.17, 15) is 14.4 Å². The van der Waals surface area contributed by atoms with Gasteiger partial charge in [-0.1, -0.05) is 0 Å². The molecule has 0 saturated carbocycles. The molecular weight excluding hydrogens is 228 g/mol. The van der Waals surface area contributed by atoms with Crippen LogP contribution >= 0.6 is 0 Å². The molecule has 3 N–H and O–H groups in total. The number of carboxylic acid groups (broad SMARTS) is 2. The molecule has 0 unspecified atom stereocenters. The van der Waals surface area contributed by atoms with Crippen molar-refractivity contribution in [1.29, 1.82) is 0 Å². The average Bonchev–Trinajstić information content (AvgIpc) is 2.28. The highest BCUT2D eigenvalue weighted by atomic mass is 16.4. The van der Waals surface area contributed by atoms with Crippen molar-refractivity contribution in [2.45, 2.75) is 31.7 Å². The molecule has 1 saturated heterocycles. The topological polar surface area (TPSA) is 107 Å². The van der Waals surface area contributed by atoms with Gasteiger partial charge < -0.3 is 20.4 Å². The molecule has 1 atom stereocenters. The fourth-order valence-electron chi connectivity index (χ4n) is 1.71. The van der Waals surface area contributed by atoms with E-state index < -0.39 is 30.4 Å². The van der Waals surface area contributed by atoms with Crippen molar-refractivity contribution >= 4 is 18.0 Å². The van der Waals surface area contributed by atoms with Gasteiger partial charge in [0, 0.05) is 13.1 Å². The summed E-state index contributed by atoms with van der Waals surface area (Å²) in [5.41, 5.74) is 0. The molecule has 0 bridgehead atoms. The van der Waals surface area contributed by atoms with Crippen LogP contribution in [0.2, 0.25) is 0 Å². The number of hydrogen-bond acceptors (Lipinski definition) is 3. The number of likely N-dealkylation sites (tertiary alicyclic amines) is 1. The average molecular weight is 244 g/mol. The molecule has 7 nitrogen and oxygen atoms in total. The van der Waals surface area contributed by atoms with Crippen molar-refractivity contribution in [3.8, 4) is 0 Å². The number of urea groups is 1. The van der Waals surface area contributed by atoms with Gasteiger partial charge in [0.25, 0.3) is 0 Å². The van der Waals surface area contributed by atoms with Crippen LogP contribution in [0.4, 0.5) is 4.79 Å². The maximum atomic E-state index is 11.7. The number of carbonyl (C=O) groups excluding carboxylic acids is 1. The van der Waals surface area contributed by atoms with Crippen LogP contribution in [0.25, 0.3) is 0 Å². The highest BCUT2D eigenvalue weighted by Gasteiger charge is 2.25. The van der Waals surface area contributed by atoms with Crippen LogP contribution in [0.3, 0.4) is 0 Å². The van der Waals surface area contributed by atoms with E-state index in [4.69, 9.17) is 10.2 Å². The lowest BCUT2D eigenvalue weighted by Gasteiger charge is -2.28. The van der Waals surface area contributed by atoms with Gasteiger partial charge in [-0.3, -0.25) is 4.79 Å². The van der Waals surface area contributed by atoms with Crippen molar-refractivity contribution < 1.29 is 24.6 Å². The molecule has 0 radical (unpaired) electrons. The molecule has 1 heterocycles. The zero-order valence-electron chi connectivity index (χ0n) is 9.39. The first-order valence-corrected chi connectivity index (χ1v) is 5.50. The van der Waals surface area contributed by atoms with Gasteiger partial charge in [0.15, 0.2) is 0 Å². The molecule has 1 fully saturated rings. The van der Waals surface area contributed by atoms with Crippen molar-refractivity contribution in [2.75, 3.05) is 13.1 Å². The van der Waals surface area contributed by atoms with Gasteiger partial charge >= 0.3 is 18.0 Å². The van der Waals surface area contributed by atoms with E-state index in [1.54, 1.807) is 0 Å². The summed E-state index contributed by atoms with van der Waals surface area (Å²) in [6, 6.07) is -1.87. The van der Waals surface area contributed by atoms with E-state index in [1.165, 1.54) is 4.90 Å². The minimum atomic E-state index is -1.37. The molecule has 0 aromatic carbocycles. The van der Waals surface area contributed by atoms with Crippen molar-refractivity contribution in [2.24, 2.45) is 0 Å². The maximum Gasteiger partial charge on any atom is 0.326 e. The summed E-state index contributed by atoms with van der Waals surface area (Å²) in [6.45, 7) is 1.18. The van der Waals surface area contributed by atoms with E-state index in [-0.39, 0.29) is 0 Å². The summed E-state index contributed by atoms with van der Waals surface area (Å²) < 4.78 is 0. The van der Waals surface area contributed by atoms with Gasteiger partial charge in [-0.05, 0) is 19.3 Å². The number of nitrogens with one attached hydrogen (secondary N) is 1. The fourth-order valence-corrected chi connectivity index (χ4v) is 1.71. The smallest absolute Gasteiger partial charge is 0.326 e. The van der Waals surface area contributed by atoms with E-state index in [2.05, 4.69) is 5.32 Å². The van der Waals surface area contributed by atoms with E-state index in [0.717, 1.165) is 19.3 Å². The monoisotopic (exact) mass is 244 g/mol. The quantitative estimate of drug-likeness (QED) is 0.650. The fraction of sp³-hybridized carbons (Fsp3) is 0.700. The summed E-state index contributed by atoms with van der Waals surface area (Å²) in [7, 11) is 0. The lowest BCUT2D eigenvalue weighted by atomic mass is 10.1. The number of carbonyl (C=O) groups is 3.